The molecule has 18 heavy (non-hydrogen) atoms. The third-order valence-corrected chi connectivity index (χ3v) is 3.19. The number of hydrogen-bond acceptors (Lipinski definition) is 1. The first-order valence-electron chi connectivity index (χ1n) is 5.52. The fourth-order valence-electron chi connectivity index (χ4n) is 1.77. The van der Waals surface area contributed by atoms with Gasteiger partial charge in [-0.25, -0.2) is 8.78 Å². The molecule has 4 heteroatoms. The normalized spacial score (nSPS) is 12.4. The van der Waals surface area contributed by atoms with Crippen molar-refractivity contribution in [2.24, 2.45) is 5.73 Å². The van der Waals surface area contributed by atoms with Gasteiger partial charge in [-0.3, -0.25) is 0 Å². The second-order valence-electron chi connectivity index (χ2n) is 4.08. The Morgan fingerprint density at radius 3 is 2.39 bits per heavy atom. The van der Waals surface area contributed by atoms with E-state index in [2.05, 4.69) is 0 Å². The van der Waals surface area contributed by atoms with Crippen molar-refractivity contribution in [3.63, 3.8) is 0 Å². The van der Waals surface area contributed by atoms with Crippen LogP contribution in [0.25, 0.3) is 0 Å². The van der Waals surface area contributed by atoms with Crippen molar-refractivity contribution in [3.8, 4) is 0 Å². The van der Waals surface area contributed by atoms with Gasteiger partial charge in [0.15, 0.2) is 0 Å². The minimum absolute atomic E-state index is 0.0926. The topological polar surface area (TPSA) is 26.0 Å². The summed E-state index contributed by atoms with van der Waals surface area (Å²) in [6.45, 7) is 0. The molecule has 2 N–H and O–H groups in total. The highest BCUT2D eigenvalue weighted by molar-refractivity contribution is 6.31. The molecule has 2 aromatic carbocycles. The Morgan fingerprint density at radius 1 is 1.06 bits per heavy atom. The van der Waals surface area contributed by atoms with E-state index < -0.39 is 5.82 Å². The third-order valence-electron chi connectivity index (χ3n) is 2.77. The largest absolute Gasteiger partial charge is 0.324 e. The average molecular weight is 268 g/mol. The van der Waals surface area contributed by atoms with Gasteiger partial charge in [-0.05, 0) is 35.7 Å². The first kappa shape index (κ1) is 13.0. The SMILES string of the molecule is NC(Cc1cccc(F)c1Cl)c1ccc(F)cc1. The highest BCUT2D eigenvalue weighted by Gasteiger charge is 2.11. The van der Waals surface area contributed by atoms with Crippen LogP contribution in [0, 0.1) is 11.6 Å². The van der Waals surface area contributed by atoms with Gasteiger partial charge >= 0.3 is 0 Å². The van der Waals surface area contributed by atoms with Crippen LogP contribution >= 0.6 is 11.6 Å². The van der Waals surface area contributed by atoms with Crippen molar-refractivity contribution in [1.82, 2.24) is 0 Å². The number of nitrogens with two attached hydrogens (primary N) is 1. The van der Waals surface area contributed by atoms with Gasteiger partial charge in [-0.15, -0.1) is 0 Å². The zero-order chi connectivity index (χ0) is 13.1. The molecule has 1 atom stereocenters. The van der Waals surface area contributed by atoms with E-state index in [1.807, 2.05) is 0 Å². The molecule has 0 heterocycles. The zero-order valence-electron chi connectivity index (χ0n) is 9.54. The predicted octanol–water partition coefficient (Wildman–Crippen LogP) is 3.86. The summed E-state index contributed by atoms with van der Waals surface area (Å²) >= 11 is 5.86. The summed E-state index contributed by atoms with van der Waals surface area (Å²) in [4.78, 5) is 0. The van der Waals surface area contributed by atoms with Crippen molar-refractivity contribution in [2.45, 2.75) is 12.5 Å². The molecule has 2 aromatic rings. The van der Waals surface area contributed by atoms with Crippen LogP contribution in [0.3, 0.4) is 0 Å². The maximum atomic E-state index is 13.3. The van der Waals surface area contributed by atoms with E-state index in [0.717, 1.165) is 5.56 Å². The first-order valence-corrected chi connectivity index (χ1v) is 5.89. The first-order chi connectivity index (χ1) is 8.58. The minimum Gasteiger partial charge on any atom is -0.324 e. The summed E-state index contributed by atoms with van der Waals surface area (Å²) < 4.78 is 26.0. The van der Waals surface area contributed by atoms with Gasteiger partial charge in [0.05, 0.1) is 5.02 Å². The van der Waals surface area contributed by atoms with Crippen molar-refractivity contribution in [3.05, 3.63) is 70.2 Å². The van der Waals surface area contributed by atoms with Crippen molar-refractivity contribution in [1.29, 1.82) is 0 Å². The molecule has 94 valence electrons. The highest BCUT2D eigenvalue weighted by Crippen LogP contribution is 2.24. The van der Waals surface area contributed by atoms with Gasteiger partial charge in [-0.1, -0.05) is 35.9 Å². The summed E-state index contributed by atoms with van der Waals surface area (Å²) in [5.74, 6) is -0.768. The molecule has 0 amide bonds. The lowest BCUT2D eigenvalue weighted by Crippen LogP contribution is -2.13. The molecular weight excluding hydrogens is 256 g/mol. The lowest BCUT2D eigenvalue weighted by molar-refractivity contribution is 0.620. The maximum absolute atomic E-state index is 13.3. The van der Waals surface area contributed by atoms with E-state index in [1.165, 1.54) is 18.2 Å². The third kappa shape index (κ3) is 2.86. The van der Waals surface area contributed by atoms with Crippen LogP contribution in [0.2, 0.25) is 5.02 Å². The van der Waals surface area contributed by atoms with E-state index in [-0.39, 0.29) is 16.9 Å². The van der Waals surface area contributed by atoms with Crippen molar-refractivity contribution < 1.29 is 8.78 Å². The van der Waals surface area contributed by atoms with Crippen LogP contribution in [0.5, 0.6) is 0 Å². The summed E-state index contributed by atoms with van der Waals surface area (Å²) in [5.41, 5.74) is 7.43. The summed E-state index contributed by atoms with van der Waals surface area (Å²) in [6, 6.07) is 10.2. The summed E-state index contributed by atoms with van der Waals surface area (Å²) in [6.07, 6.45) is 0.405. The fourth-order valence-corrected chi connectivity index (χ4v) is 1.97. The molecule has 0 saturated heterocycles. The van der Waals surface area contributed by atoms with Gasteiger partial charge in [0.1, 0.15) is 11.6 Å². The fraction of sp³-hybridized carbons (Fsp3) is 0.143. The Morgan fingerprint density at radius 2 is 1.72 bits per heavy atom. The monoisotopic (exact) mass is 267 g/mol. The maximum Gasteiger partial charge on any atom is 0.142 e. The van der Waals surface area contributed by atoms with Crippen LogP contribution < -0.4 is 5.73 Å². The molecule has 1 nitrogen and oxygen atoms in total. The minimum atomic E-state index is -0.458. The van der Waals surface area contributed by atoms with Crippen LogP contribution in [-0.4, -0.2) is 0 Å². The molecule has 0 aliphatic rings. The van der Waals surface area contributed by atoms with Gasteiger partial charge in [0, 0.05) is 6.04 Å². The van der Waals surface area contributed by atoms with Gasteiger partial charge in [0.2, 0.25) is 0 Å². The molecule has 0 bridgehead atoms. The summed E-state index contributed by atoms with van der Waals surface area (Å²) in [5, 5.41) is 0.0926. The van der Waals surface area contributed by atoms with Crippen LogP contribution in [0.4, 0.5) is 8.78 Å². The average Bonchev–Trinajstić information content (AvgIpc) is 2.36. The number of hydrogen-bond donors (Lipinski definition) is 1. The molecule has 0 radical (unpaired) electrons. The smallest absolute Gasteiger partial charge is 0.142 e. The Bertz CT molecular complexity index is 540. The Balaban J connectivity index is 2.18. The van der Waals surface area contributed by atoms with E-state index in [4.69, 9.17) is 17.3 Å². The van der Waals surface area contributed by atoms with Crippen LogP contribution in [0.15, 0.2) is 42.5 Å². The Kier molecular flexibility index (Phi) is 3.94. The molecule has 0 aliphatic carbocycles. The molecule has 0 aliphatic heterocycles. The molecule has 0 spiro atoms. The van der Waals surface area contributed by atoms with Gasteiger partial charge in [0.25, 0.3) is 0 Å². The molecule has 0 fully saturated rings. The quantitative estimate of drug-likeness (QED) is 0.898. The number of benzene rings is 2. The highest BCUT2D eigenvalue weighted by atomic mass is 35.5. The number of halogens is 3. The second-order valence-corrected chi connectivity index (χ2v) is 4.45. The van der Waals surface area contributed by atoms with Crippen molar-refractivity contribution in [2.75, 3.05) is 0 Å². The number of rotatable bonds is 3. The lowest BCUT2D eigenvalue weighted by Gasteiger charge is -2.13. The lowest BCUT2D eigenvalue weighted by atomic mass is 9.99. The van der Waals surface area contributed by atoms with Gasteiger partial charge < -0.3 is 5.73 Å². The molecule has 2 rings (SSSR count). The Labute approximate surface area is 109 Å². The standard InChI is InChI=1S/C14H12ClF2N/c15-14-10(2-1-3-12(14)17)8-13(18)9-4-6-11(16)7-5-9/h1-7,13H,8,18H2. The van der Waals surface area contributed by atoms with Crippen molar-refractivity contribution >= 4 is 11.6 Å². The van der Waals surface area contributed by atoms with E-state index >= 15 is 0 Å². The van der Waals surface area contributed by atoms with Gasteiger partial charge in [-0.2, -0.15) is 0 Å². The zero-order valence-corrected chi connectivity index (χ0v) is 10.3. The molecular formula is C14H12ClF2N. The molecule has 0 aromatic heterocycles. The second kappa shape index (κ2) is 5.46. The van der Waals surface area contributed by atoms with Crippen LogP contribution in [0.1, 0.15) is 17.2 Å². The predicted molar refractivity (Wildman–Crippen MR) is 68.4 cm³/mol. The molecule has 0 saturated carbocycles. The van der Waals surface area contributed by atoms with Crippen LogP contribution in [-0.2, 0) is 6.42 Å². The van der Waals surface area contributed by atoms with E-state index in [9.17, 15) is 8.78 Å². The van der Waals surface area contributed by atoms with E-state index in [1.54, 1.807) is 24.3 Å². The summed E-state index contributed by atoms with van der Waals surface area (Å²) in [7, 11) is 0. The Hall–Kier alpha value is -1.45. The molecule has 1 unspecified atom stereocenters. The van der Waals surface area contributed by atoms with E-state index in [0.29, 0.717) is 12.0 Å².